The van der Waals surface area contributed by atoms with Crippen molar-refractivity contribution < 1.29 is 9.66 Å². The van der Waals surface area contributed by atoms with Crippen LogP contribution >= 0.6 is 0 Å². The average Bonchev–Trinajstić information content (AvgIpc) is 2.37. The Hall–Kier alpha value is -2.13. The summed E-state index contributed by atoms with van der Waals surface area (Å²) in [5.74, 6) is 0.580. The van der Waals surface area contributed by atoms with Gasteiger partial charge in [-0.05, 0) is 25.6 Å². The maximum atomic E-state index is 10.7. The van der Waals surface area contributed by atoms with Crippen molar-refractivity contribution in [3.63, 3.8) is 0 Å². The van der Waals surface area contributed by atoms with Gasteiger partial charge in [0, 0.05) is 18.1 Å². The van der Waals surface area contributed by atoms with Crippen LogP contribution in [0.2, 0.25) is 0 Å². The van der Waals surface area contributed by atoms with E-state index in [9.17, 15) is 10.1 Å². The molecule has 1 aromatic rings. The zero-order chi connectivity index (χ0) is 14.3. The molecule has 102 valence electrons. The lowest BCUT2D eigenvalue weighted by Gasteiger charge is -2.11. The summed E-state index contributed by atoms with van der Waals surface area (Å²) >= 11 is 0. The van der Waals surface area contributed by atoms with Crippen molar-refractivity contribution >= 4 is 5.69 Å². The summed E-state index contributed by atoms with van der Waals surface area (Å²) in [6.45, 7) is 4.73. The van der Waals surface area contributed by atoms with Crippen molar-refractivity contribution in [1.29, 1.82) is 5.26 Å². The standard InChI is InChI=1S/C13H17N3O3/c1-3-15-11(9-14)6-7-19-12-4-5-13(16(17)18)10(2)8-12/h4-5,8,11,15H,3,6-7H2,1-2H3. The first-order valence-corrected chi connectivity index (χ1v) is 6.09. The molecule has 19 heavy (non-hydrogen) atoms. The molecule has 0 spiro atoms. The van der Waals surface area contributed by atoms with Gasteiger partial charge >= 0.3 is 0 Å². The molecule has 6 nitrogen and oxygen atoms in total. The van der Waals surface area contributed by atoms with Crippen LogP contribution < -0.4 is 10.1 Å². The highest BCUT2D eigenvalue weighted by Gasteiger charge is 2.11. The number of nitro groups is 1. The molecule has 1 rings (SSSR count). The molecule has 1 unspecified atom stereocenters. The smallest absolute Gasteiger partial charge is 0.272 e. The topological polar surface area (TPSA) is 88.2 Å². The van der Waals surface area contributed by atoms with Gasteiger partial charge in [-0.1, -0.05) is 6.92 Å². The van der Waals surface area contributed by atoms with Gasteiger partial charge in [0.2, 0.25) is 0 Å². The fraction of sp³-hybridized carbons (Fsp3) is 0.462. The fourth-order valence-corrected chi connectivity index (χ4v) is 1.68. The van der Waals surface area contributed by atoms with Gasteiger partial charge in [0.25, 0.3) is 5.69 Å². The van der Waals surface area contributed by atoms with Crippen LogP contribution in [-0.2, 0) is 0 Å². The summed E-state index contributed by atoms with van der Waals surface area (Å²) in [4.78, 5) is 10.2. The molecule has 0 aliphatic rings. The highest BCUT2D eigenvalue weighted by atomic mass is 16.6. The lowest BCUT2D eigenvalue weighted by atomic mass is 10.2. The van der Waals surface area contributed by atoms with Crippen LogP contribution in [-0.4, -0.2) is 24.1 Å². The number of hydrogen-bond donors (Lipinski definition) is 1. The highest BCUT2D eigenvalue weighted by Crippen LogP contribution is 2.23. The number of nitrogens with one attached hydrogen (secondary N) is 1. The maximum absolute atomic E-state index is 10.7. The Labute approximate surface area is 112 Å². The van der Waals surface area contributed by atoms with Crippen LogP contribution in [0.3, 0.4) is 0 Å². The van der Waals surface area contributed by atoms with E-state index in [-0.39, 0.29) is 11.7 Å². The maximum Gasteiger partial charge on any atom is 0.272 e. The van der Waals surface area contributed by atoms with Gasteiger partial charge in [-0.2, -0.15) is 5.26 Å². The van der Waals surface area contributed by atoms with Gasteiger partial charge in [-0.15, -0.1) is 0 Å². The SMILES string of the molecule is CCNC(C#N)CCOc1ccc([N+](=O)[O-])c(C)c1. The fourth-order valence-electron chi connectivity index (χ4n) is 1.68. The predicted molar refractivity (Wildman–Crippen MR) is 71.0 cm³/mol. The van der Waals surface area contributed by atoms with E-state index in [4.69, 9.17) is 10.00 Å². The molecule has 0 fully saturated rings. The zero-order valence-electron chi connectivity index (χ0n) is 11.0. The van der Waals surface area contributed by atoms with Gasteiger partial charge in [-0.3, -0.25) is 10.1 Å². The Balaban J connectivity index is 2.53. The normalized spacial score (nSPS) is 11.6. The molecule has 1 N–H and O–H groups in total. The molecule has 0 saturated carbocycles. The predicted octanol–water partition coefficient (Wildman–Crippen LogP) is 2.17. The Morgan fingerprint density at radius 2 is 2.32 bits per heavy atom. The molecule has 1 atom stereocenters. The van der Waals surface area contributed by atoms with E-state index >= 15 is 0 Å². The molecule has 0 aliphatic heterocycles. The molecule has 0 amide bonds. The summed E-state index contributed by atoms with van der Waals surface area (Å²) in [5.41, 5.74) is 0.640. The first-order chi connectivity index (χ1) is 9.08. The van der Waals surface area contributed by atoms with E-state index in [0.717, 1.165) is 6.54 Å². The molecular formula is C13H17N3O3. The second kappa shape index (κ2) is 7.34. The number of benzene rings is 1. The van der Waals surface area contributed by atoms with E-state index in [2.05, 4.69) is 11.4 Å². The van der Waals surface area contributed by atoms with Gasteiger partial charge in [0.1, 0.15) is 5.75 Å². The van der Waals surface area contributed by atoms with E-state index < -0.39 is 4.92 Å². The molecule has 0 aliphatic carbocycles. The quantitative estimate of drug-likeness (QED) is 0.601. The molecule has 0 saturated heterocycles. The number of nitriles is 1. The molecule has 0 bridgehead atoms. The van der Waals surface area contributed by atoms with Crippen LogP contribution in [0.4, 0.5) is 5.69 Å². The molecule has 1 aromatic carbocycles. The van der Waals surface area contributed by atoms with Gasteiger partial charge in [0.15, 0.2) is 0 Å². The Morgan fingerprint density at radius 3 is 2.84 bits per heavy atom. The lowest BCUT2D eigenvalue weighted by molar-refractivity contribution is -0.385. The first kappa shape index (κ1) is 14.9. The van der Waals surface area contributed by atoms with Crippen molar-refractivity contribution in [3.05, 3.63) is 33.9 Å². The van der Waals surface area contributed by atoms with Crippen LogP contribution in [0.15, 0.2) is 18.2 Å². The van der Waals surface area contributed by atoms with Gasteiger partial charge in [0.05, 0.1) is 23.6 Å². The Morgan fingerprint density at radius 1 is 1.58 bits per heavy atom. The minimum Gasteiger partial charge on any atom is -0.493 e. The number of nitrogens with zero attached hydrogens (tertiary/aromatic N) is 2. The first-order valence-electron chi connectivity index (χ1n) is 6.09. The van der Waals surface area contributed by atoms with E-state index in [1.807, 2.05) is 6.92 Å². The number of nitro benzene ring substituents is 1. The monoisotopic (exact) mass is 263 g/mol. The van der Waals surface area contributed by atoms with Crippen LogP contribution in [0.1, 0.15) is 18.9 Å². The third-order valence-corrected chi connectivity index (χ3v) is 2.65. The summed E-state index contributed by atoms with van der Waals surface area (Å²) in [7, 11) is 0. The van der Waals surface area contributed by atoms with Crippen LogP contribution in [0.5, 0.6) is 5.75 Å². The third-order valence-electron chi connectivity index (χ3n) is 2.65. The van der Waals surface area contributed by atoms with E-state index in [1.54, 1.807) is 19.1 Å². The Kier molecular flexibility index (Phi) is 5.76. The lowest BCUT2D eigenvalue weighted by Crippen LogP contribution is -2.28. The number of ether oxygens (including phenoxy) is 1. The summed E-state index contributed by atoms with van der Waals surface area (Å²) < 4.78 is 5.49. The molecule has 0 aromatic heterocycles. The molecule has 0 radical (unpaired) electrons. The molecular weight excluding hydrogens is 246 g/mol. The van der Waals surface area contributed by atoms with Gasteiger partial charge in [-0.25, -0.2) is 0 Å². The van der Waals surface area contributed by atoms with Gasteiger partial charge < -0.3 is 10.1 Å². The minimum absolute atomic E-state index is 0.0786. The minimum atomic E-state index is -0.421. The van der Waals surface area contributed by atoms with Crippen molar-refractivity contribution in [2.45, 2.75) is 26.3 Å². The van der Waals surface area contributed by atoms with Crippen molar-refractivity contribution in [1.82, 2.24) is 5.32 Å². The van der Waals surface area contributed by atoms with Crippen molar-refractivity contribution in [3.8, 4) is 11.8 Å². The van der Waals surface area contributed by atoms with Crippen molar-refractivity contribution in [2.24, 2.45) is 0 Å². The summed E-state index contributed by atoms with van der Waals surface area (Å²) in [6, 6.07) is 6.54. The largest absolute Gasteiger partial charge is 0.493 e. The van der Waals surface area contributed by atoms with Crippen LogP contribution in [0.25, 0.3) is 0 Å². The number of rotatable bonds is 7. The molecule has 0 heterocycles. The van der Waals surface area contributed by atoms with Crippen LogP contribution in [0, 0.1) is 28.4 Å². The second-order valence-electron chi connectivity index (χ2n) is 4.08. The summed E-state index contributed by atoms with van der Waals surface area (Å²) in [5, 5.41) is 22.5. The summed E-state index contributed by atoms with van der Waals surface area (Å²) in [6.07, 6.45) is 0.570. The Bertz CT molecular complexity index is 483. The highest BCUT2D eigenvalue weighted by molar-refractivity contribution is 5.44. The third kappa shape index (κ3) is 4.56. The van der Waals surface area contributed by atoms with Crippen molar-refractivity contribution in [2.75, 3.05) is 13.2 Å². The average molecular weight is 263 g/mol. The molecule has 6 heteroatoms. The number of aryl methyl sites for hydroxylation is 1. The zero-order valence-corrected chi connectivity index (χ0v) is 11.0. The number of hydrogen-bond acceptors (Lipinski definition) is 5. The second-order valence-corrected chi connectivity index (χ2v) is 4.08. The van der Waals surface area contributed by atoms with E-state index in [0.29, 0.717) is 24.3 Å². The van der Waals surface area contributed by atoms with E-state index in [1.165, 1.54) is 6.07 Å².